The topological polar surface area (TPSA) is 53.6 Å². The third-order valence-electron chi connectivity index (χ3n) is 2.35. The van der Waals surface area contributed by atoms with Crippen LogP contribution in [0.2, 0.25) is 0 Å². The highest BCUT2D eigenvalue weighted by Crippen LogP contribution is 2.05. The number of hydrazine groups is 1. The molecule has 0 radical (unpaired) electrons. The van der Waals surface area contributed by atoms with Gasteiger partial charge >= 0.3 is 0 Å². The molecule has 0 fully saturated rings. The first-order valence-electron chi connectivity index (χ1n) is 5.54. The molecule has 0 amide bonds. The molecule has 0 saturated heterocycles. The molecule has 88 valence electrons. The highest BCUT2D eigenvalue weighted by Gasteiger charge is 2.08. The third kappa shape index (κ3) is 3.55. The van der Waals surface area contributed by atoms with Gasteiger partial charge in [-0.15, -0.1) is 0 Å². The predicted octanol–water partition coefficient (Wildman–Crippen LogP) is 1.35. The Morgan fingerprint density at radius 2 is 2.06 bits per heavy atom. The summed E-state index contributed by atoms with van der Waals surface area (Å²) in [6.45, 7) is 3.90. The van der Waals surface area contributed by atoms with Crippen molar-refractivity contribution in [3.63, 3.8) is 0 Å². The van der Waals surface area contributed by atoms with Crippen LogP contribution in [0.25, 0.3) is 0 Å². The minimum Gasteiger partial charge on any atom is -0.338 e. The zero-order valence-electron chi connectivity index (χ0n) is 9.98. The predicted molar refractivity (Wildman–Crippen MR) is 67.8 cm³/mol. The van der Waals surface area contributed by atoms with Crippen molar-refractivity contribution in [2.45, 2.75) is 19.9 Å². The van der Waals surface area contributed by atoms with E-state index in [1.807, 2.05) is 18.2 Å². The van der Waals surface area contributed by atoms with Gasteiger partial charge in [-0.25, -0.2) is 5.84 Å². The lowest BCUT2D eigenvalue weighted by Gasteiger charge is -2.24. The standard InChI is InChI=1S/C12H20N4/c1-3-9-16(12(14-2)15-13)10-11-7-5-4-6-8-11/h4-8H,3,9-10,13H2,1-2H3,(H,14,15). The largest absolute Gasteiger partial charge is 0.338 e. The zero-order chi connectivity index (χ0) is 11.8. The second-order valence-corrected chi connectivity index (χ2v) is 3.60. The van der Waals surface area contributed by atoms with E-state index in [9.17, 15) is 0 Å². The second kappa shape index (κ2) is 6.85. The van der Waals surface area contributed by atoms with E-state index in [0.717, 1.165) is 25.5 Å². The molecule has 1 aromatic carbocycles. The van der Waals surface area contributed by atoms with E-state index in [-0.39, 0.29) is 0 Å². The number of benzene rings is 1. The number of nitrogens with two attached hydrogens (primary N) is 1. The molecule has 0 unspecified atom stereocenters. The lowest BCUT2D eigenvalue weighted by atomic mass is 10.2. The quantitative estimate of drug-likeness (QED) is 0.348. The van der Waals surface area contributed by atoms with Crippen LogP contribution in [0, 0.1) is 0 Å². The van der Waals surface area contributed by atoms with Gasteiger partial charge in [0.25, 0.3) is 0 Å². The fourth-order valence-electron chi connectivity index (χ4n) is 1.63. The Hall–Kier alpha value is -1.55. The van der Waals surface area contributed by atoms with Crippen LogP contribution in [0.4, 0.5) is 0 Å². The van der Waals surface area contributed by atoms with Gasteiger partial charge in [-0.2, -0.15) is 0 Å². The van der Waals surface area contributed by atoms with Gasteiger partial charge in [0.1, 0.15) is 0 Å². The summed E-state index contributed by atoms with van der Waals surface area (Å²) in [5.74, 6) is 6.17. The first-order valence-corrected chi connectivity index (χ1v) is 5.54. The number of nitrogens with zero attached hydrogens (tertiary/aromatic N) is 2. The molecule has 0 aliphatic carbocycles. The molecular formula is C12H20N4. The van der Waals surface area contributed by atoms with E-state index < -0.39 is 0 Å². The molecule has 4 heteroatoms. The summed E-state index contributed by atoms with van der Waals surface area (Å²) in [6.07, 6.45) is 1.06. The van der Waals surface area contributed by atoms with E-state index in [1.54, 1.807) is 7.05 Å². The van der Waals surface area contributed by atoms with Gasteiger partial charge in [-0.3, -0.25) is 10.4 Å². The van der Waals surface area contributed by atoms with Crippen LogP contribution in [0.1, 0.15) is 18.9 Å². The number of aliphatic imine (C=N–C) groups is 1. The van der Waals surface area contributed by atoms with Gasteiger partial charge < -0.3 is 4.90 Å². The van der Waals surface area contributed by atoms with Crippen molar-refractivity contribution in [2.24, 2.45) is 10.8 Å². The maximum absolute atomic E-state index is 5.45. The fourth-order valence-corrected chi connectivity index (χ4v) is 1.63. The molecule has 0 saturated carbocycles. The van der Waals surface area contributed by atoms with Crippen molar-refractivity contribution in [3.05, 3.63) is 35.9 Å². The number of rotatable bonds is 4. The van der Waals surface area contributed by atoms with Crippen molar-refractivity contribution < 1.29 is 0 Å². The molecule has 1 rings (SSSR count). The Kier molecular flexibility index (Phi) is 5.36. The minimum absolute atomic E-state index is 0.728. The van der Waals surface area contributed by atoms with Crippen LogP contribution < -0.4 is 11.3 Å². The van der Waals surface area contributed by atoms with Crippen LogP contribution in [0.5, 0.6) is 0 Å². The Balaban J connectivity index is 2.72. The fraction of sp³-hybridized carbons (Fsp3) is 0.417. The molecule has 0 aliphatic rings. The van der Waals surface area contributed by atoms with Crippen LogP contribution in [0.15, 0.2) is 35.3 Å². The average molecular weight is 220 g/mol. The van der Waals surface area contributed by atoms with Crippen LogP contribution in [0.3, 0.4) is 0 Å². The van der Waals surface area contributed by atoms with E-state index in [4.69, 9.17) is 5.84 Å². The molecule has 1 aromatic rings. The van der Waals surface area contributed by atoms with E-state index >= 15 is 0 Å². The van der Waals surface area contributed by atoms with Crippen LogP contribution in [-0.2, 0) is 6.54 Å². The van der Waals surface area contributed by atoms with Gasteiger partial charge in [-0.1, -0.05) is 37.3 Å². The lowest BCUT2D eigenvalue weighted by molar-refractivity contribution is 0.396. The number of hydrogen-bond donors (Lipinski definition) is 2. The van der Waals surface area contributed by atoms with Gasteiger partial charge in [0.05, 0.1) is 0 Å². The molecular weight excluding hydrogens is 200 g/mol. The molecule has 16 heavy (non-hydrogen) atoms. The first kappa shape index (κ1) is 12.5. The highest BCUT2D eigenvalue weighted by atomic mass is 15.4. The minimum atomic E-state index is 0.728. The van der Waals surface area contributed by atoms with Crippen molar-refractivity contribution in [2.75, 3.05) is 13.6 Å². The Morgan fingerprint density at radius 3 is 2.56 bits per heavy atom. The van der Waals surface area contributed by atoms with Crippen molar-refractivity contribution in [1.82, 2.24) is 10.3 Å². The normalized spacial score (nSPS) is 11.3. The maximum Gasteiger partial charge on any atom is 0.208 e. The monoisotopic (exact) mass is 220 g/mol. The zero-order valence-corrected chi connectivity index (χ0v) is 9.98. The molecule has 4 nitrogen and oxygen atoms in total. The summed E-state index contributed by atoms with van der Waals surface area (Å²) >= 11 is 0. The Morgan fingerprint density at radius 1 is 1.38 bits per heavy atom. The number of guanidine groups is 1. The molecule has 0 spiro atoms. The van der Waals surface area contributed by atoms with E-state index in [2.05, 4.69) is 34.4 Å². The average Bonchev–Trinajstić information content (AvgIpc) is 2.32. The number of hydrogen-bond acceptors (Lipinski definition) is 2. The summed E-state index contributed by atoms with van der Waals surface area (Å²) in [5.41, 5.74) is 3.89. The molecule has 0 heterocycles. The summed E-state index contributed by atoms with van der Waals surface area (Å²) in [7, 11) is 1.74. The third-order valence-corrected chi connectivity index (χ3v) is 2.35. The Bertz CT molecular complexity index is 321. The van der Waals surface area contributed by atoms with E-state index in [0.29, 0.717) is 0 Å². The highest BCUT2D eigenvalue weighted by molar-refractivity contribution is 5.79. The van der Waals surface area contributed by atoms with Gasteiger partial charge in [0.15, 0.2) is 0 Å². The Labute approximate surface area is 97.1 Å². The van der Waals surface area contributed by atoms with Gasteiger partial charge in [0, 0.05) is 20.1 Å². The summed E-state index contributed by atoms with van der Waals surface area (Å²) < 4.78 is 0. The summed E-state index contributed by atoms with van der Waals surface area (Å²) in [4.78, 5) is 6.26. The second-order valence-electron chi connectivity index (χ2n) is 3.60. The van der Waals surface area contributed by atoms with Crippen molar-refractivity contribution in [3.8, 4) is 0 Å². The van der Waals surface area contributed by atoms with Gasteiger partial charge in [-0.05, 0) is 12.0 Å². The summed E-state index contributed by atoms with van der Waals surface area (Å²) in [5, 5.41) is 0. The molecule has 0 bridgehead atoms. The van der Waals surface area contributed by atoms with E-state index in [1.165, 1.54) is 5.56 Å². The molecule has 0 aliphatic heterocycles. The molecule has 0 aromatic heterocycles. The smallest absolute Gasteiger partial charge is 0.208 e. The van der Waals surface area contributed by atoms with Gasteiger partial charge in [0.2, 0.25) is 5.96 Å². The maximum atomic E-state index is 5.45. The summed E-state index contributed by atoms with van der Waals surface area (Å²) in [6, 6.07) is 10.3. The van der Waals surface area contributed by atoms with Crippen molar-refractivity contribution in [1.29, 1.82) is 0 Å². The molecule has 0 atom stereocenters. The van der Waals surface area contributed by atoms with Crippen LogP contribution in [-0.4, -0.2) is 24.5 Å². The van der Waals surface area contributed by atoms with Crippen LogP contribution >= 0.6 is 0 Å². The SMILES string of the molecule is CCCN(Cc1ccccc1)C(=NC)NN. The lowest BCUT2D eigenvalue weighted by Crippen LogP contribution is -2.44. The van der Waals surface area contributed by atoms with Crippen molar-refractivity contribution >= 4 is 5.96 Å². The number of nitrogens with one attached hydrogen (secondary N) is 1. The first-order chi connectivity index (χ1) is 7.81. The molecule has 3 N–H and O–H groups in total.